The molecule has 3 aromatic carbocycles. The Hall–Kier alpha value is -3.16. The van der Waals surface area contributed by atoms with Gasteiger partial charge < -0.3 is 10.2 Å². The molecule has 7 heteroatoms. The number of fused-ring (bicyclic) bond motifs is 2. The number of hydrogen-bond donors (Lipinski definition) is 1. The summed E-state index contributed by atoms with van der Waals surface area (Å²) in [4.78, 5) is 32.1. The van der Waals surface area contributed by atoms with Crippen LogP contribution in [0, 0.1) is 0 Å². The second-order valence-electron chi connectivity index (χ2n) is 9.66. The molecule has 0 aliphatic carbocycles. The lowest BCUT2D eigenvalue weighted by molar-refractivity contribution is -0.116. The number of carbonyl (C=O) groups is 2. The minimum atomic E-state index is -0.139. The van der Waals surface area contributed by atoms with E-state index in [2.05, 4.69) is 37.1 Å². The first-order valence-electron chi connectivity index (χ1n) is 11.6. The lowest BCUT2D eigenvalue weighted by Crippen LogP contribution is -2.30. The van der Waals surface area contributed by atoms with E-state index in [0.717, 1.165) is 38.9 Å². The van der Waals surface area contributed by atoms with E-state index in [1.807, 2.05) is 65.6 Å². The van der Waals surface area contributed by atoms with E-state index < -0.39 is 0 Å². The molecule has 0 saturated carbocycles. The monoisotopic (exact) mass is 501 g/mol. The molecule has 1 N–H and O–H groups in total. The normalized spacial score (nSPS) is 13.2. The molecule has 1 aliphatic heterocycles. The Morgan fingerprint density at radius 2 is 1.83 bits per heavy atom. The van der Waals surface area contributed by atoms with Gasteiger partial charge in [-0.3, -0.25) is 9.59 Å². The predicted octanol–water partition coefficient (Wildman–Crippen LogP) is 6.53. The quantitative estimate of drug-likeness (QED) is 0.316. The molecule has 1 aliphatic rings. The lowest BCUT2D eigenvalue weighted by Gasteiger charge is -2.19. The molecule has 0 fully saturated rings. The number of anilines is 2. The number of nitrogens with one attached hydrogen (secondary N) is 1. The van der Waals surface area contributed by atoms with Crippen LogP contribution in [0.3, 0.4) is 0 Å². The fourth-order valence-corrected chi connectivity index (χ4v) is 6.15. The van der Waals surface area contributed by atoms with E-state index in [1.54, 1.807) is 0 Å². The van der Waals surface area contributed by atoms with Crippen molar-refractivity contribution in [3.8, 4) is 0 Å². The SMILES string of the molecule is CC(C)(C)c1ccc(C(=O)Nc2ccc3nc(SCC(=O)N4CCc5ccccc54)sc3c2)cc1. The molecular weight excluding hydrogens is 474 g/mol. The van der Waals surface area contributed by atoms with Gasteiger partial charge in [0, 0.05) is 23.5 Å². The summed E-state index contributed by atoms with van der Waals surface area (Å²) >= 11 is 3.00. The molecule has 4 aromatic rings. The zero-order valence-corrected chi connectivity index (χ0v) is 21.6. The minimum Gasteiger partial charge on any atom is -0.322 e. The topological polar surface area (TPSA) is 62.3 Å². The van der Waals surface area contributed by atoms with Crippen LogP contribution in [0.2, 0.25) is 0 Å². The van der Waals surface area contributed by atoms with Gasteiger partial charge in [0.25, 0.3) is 5.91 Å². The van der Waals surface area contributed by atoms with Gasteiger partial charge in [0.2, 0.25) is 5.91 Å². The van der Waals surface area contributed by atoms with Crippen LogP contribution in [0.25, 0.3) is 10.2 Å². The van der Waals surface area contributed by atoms with E-state index in [4.69, 9.17) is 0 Å². The Bertz CT molecular complexity index is 1400. The largest absolute Gasteiger partial charge is 0.322 e. The number of nitrogens with zero attached hydrogens (tertiary/aromatic N) is 2. The summed E-state index contributed by atoms with van der Waals surface area (Å²) in [5, 5.41) is 2.99. The van der Waals surface area contributed by atoms with Crippen molar-refractivity contribution in [1.82, 2.24) is 4.98 Å². The summed E-state index contributed by atoms with van der Waals surface area (Å²) in [6.07, 6.45) is 0.906. The molecule has 0 atom stereocenters. The van der Waals surface area contributed by atoms with Gasteiger partial charge in [0.05, 0.1) is 16.0 Å². The molecule has 5 nitrogen and oxygen atoms in total. The lowest BCUT2D eigenvalue weighted by atomic mass is 9.87. The van der Waals surface area contributed by atoms with Crippen LogP contribution in [0.1, 0.15) is 42.3 Å². The fourth-order valence-electron chi connectivity index (χ4n) is 4.17. The van der Waals surface area contributed by atoms with Crippen LogP contribution < -0.4 is 10.2 Å². The van der Waals surface area contributed by atoms with Gasteiger partial charge in [0.15, 0.2) is 4.34 Å². The maximum absolute atomic E-state index is 12.8. The minimum absolute atomic E-state index is 0.0471. The zero-order valence-electron chi connectivity index (χ0n) is 20.0. The van der Waals surface area contributed by atoms with Gasteiger partial charge in [-0.2, -0.15) is 0 Å². The summed E-state index contributed by atoms with van der Waals surface area (Å²) in [5.74, 6) is 0.313. The van der Waals surface area contributed by atoms with Crippen molar-refractivity contribution >= 4 is 56.5 Å². The molecule has 0 unspecified atom stereocenters. The third kappa shape index (κ3) is 5.11. The predicted molar refractivity (Wildman–Crippen MR) is 146 cm³/mol. The van der Waals surface area contributed by atoms with Gasteiger partial charge in [-0.1, -0.05) is 62.9 Å². The van der Waals surface area contributed by atoms with Crippen molar-refractivity contribution < 1.29 is 9.59 Å². The highest BCUT2D eigenvalue weighted by Crippen LogP contribution is 2.33. The number of hydrogen-bond acceptors (Lipinski definition) is 5. The Morgan fingerprint density at radius 1 is 1.06 bits per heavy atom. The smallest absolute Gasteiger partial charge is 0.255 e. The van der Waals surface area contributed by atoms with Crippen LogP contribution in [0.15, 0.2) is 71.1 Å². The Labute approximate surface area is 213 Å². The van der Waals surface area contributed by atoms with Gasteiger partial charge in [-0.05, 0) is 59.4 Å². The standard InChI is InChI=1S/C28H27N3O2S2/c1-28(2,3)20-10-8-19(9-11-20)26(33)29-21-12-13-22-24(16-21)35-27(30-22)34-17-25(32)31-15-14-18-6-4-5-7-23(18)31/h4-13,16H,14-15,17H2,1-3H3,(H,29,33). The van der Waals surface area contributed by atoms with Crippen molar-refractivity contribution in [3.63, 3.8) is 0 Å². The number of carbonyl (C=O) groups excluding carboxylic acids is 2. The van der Waals surface area contributed by atoms with Crippen LogP contribution in [0.4, 0.5) is 11.4 Å². The molecule has 0 bridgehead atoms. The van der Waals surface area contributed by atoms with Gasteiger partial charge in [-0.15, -0.1) is 11.3 Å². The summed E-state index contributed by atoms with van der Waals surface area (Å²) < 4.78 is 1.83. The third-order valence-corrected chi connectivity index (χ3v) is 8.29. The number of thioether (sulfide) groups is 1. The number of rotatable bonds is 5. The third-order valence-electron chi connectivity index (χ3n) is 6.15. The summed E-state index contributed by atoms with van der Waals surface area (Å²) in [5.41, 5.74) is 5.71. The number of aromatic nitrogens is 1. The van der Waals surface area contributed by atoms with Crippen LogP contribution in [-0.4, -0.2) is 29.1 Å². The molecule has 178 valence electrons. The van der Waals surface area contributed by atoms with Gasteiger partial charge in [-0.25, -0.2) is 4.98 Å². The van der Waals surface area contributed by atoms with Crippen LogP contribution in [-0.2, 0) is 16.6 Å². The van der Waals surface area contributed by atoms with E-state index >= 15 is 0 Å². The van der Waals surface area contributed by atoms with E-state index in [0.29, 0.717) is 11.3 Å². The van der Waals surface area contributed by atoms with Crippen molar-refractivity contribution in [1.29, 1.82) is 0 Å². The van der Waals surface area contributed by atoms with Crippen LogP contribution >= 0.6 is 23.1 Å². The first-order valence-corrected chi connectivity index (χ1v) is 13.4. The maximum atomic E-state index is 12.8. The number of benzene rings is 3. The molecule has 0 saturated heterocycles. The van der Waals surface area contributed by atoms with Crippen molar-refractivity contribution in [2.24, 2.45) is 0 Å². The molecule has 0 spiro atoms. The molecule has 5 rings (SSSR count). The molecule has 1 aromatic heterocycles. The highest BCUT2D eigenvalue weighted by molar-refractivity contribution is 8.01. The van der Waals surface area contributed by atoms with Crippen LogP contribution in [0.5, 0.6) is 0 Å². The van der Waals surface area contributed by atoms with Gasteiger partial charge >= 0.3 is 0 Å². The first kappa shape index (κ1) is 23.6. The summed E-state index contributed by atoms with van der Waals surface area (Å²) in [6, 6.07) is 21.5. The van der Waals surface area contributed by atoms with E-state index in [1.165, 1.54) is 34.2 Å². The second kappa shape index (κ2) is 9.47. The van der Waals surface area contributed by atoms with Gasteiger partial charge in [0.1, 0.15) is 0 Å². The van der Waals surface area contributed by atoms with E-state index in [9.17, 15) is 9.59 Å². The van der Waals surface area contributed by atoms with E-state index in [-0.39, 0.29) is 17.2 Å². The van der Waals surface area contributed by atoms with Crippen molar-refractivity contribution in [3.05, 3.63) is 83.4 Å². The molecule has 2 heterocycles. The van der Waals surface area contributed by atoms with Crippen molar-refractivity contribution in [2.75, 3.05) is 22.5 Å². The molecule has 2 amide bonds. The Balaban J connectivity index is 1.23. The fraction of sp³-hybridized carbons (Fsp3) is 0.250. The highest BCUT2D eigenvalue weighted by Gasteiger charge is 2.24. The highest BCUT2D eigenvalue weighted by atomic mass is 32.2. The molecular formula is C28H27N3O2S2. The average Bonchev–Trinajstić information content (AvgIpc) is 3.46. The Kier molecular flexibility index (Phi) is 6.38. The Morgan fingerprint density at radius 3 is 2.60 bits per heavy atom. The summed E-state index contributed by atoms with van der Waals surface area (Å²) in [6.45, 7) is 7.20. The summed E-state index contributed by atoms with van der Waals surface area (Å²) in [7, 11) is 0. The molecule has 35 heavy (non-hydrogen) atoms. The average molecular weight is 502 g/mol. The maximum Gasteiger partial charge on any atom is 0.255 e. The number of amides is 2. The molecule has 0 radical (unpaired) electrons. The zero-order chi connectivity index (χ0) is 24.6. The number of para-hydroxylation sites is 1. The number of thiazole rings is 1. The van der Waals surface area contributed by atoms with Crippen molar-refractivity contribution in [2.45, 2.75) is 36.9 Å². The first-order chi connectivity index (χ1) is 16.8. The second-order valence-corrected chi connectivity index (χ2v) is 11.9.